The van der Waals surface area contributed by atoms with Crippen LogP contribution >= 0.6 is 11.6 Å². The smallest absolute Gasteiger partial charge is 0.407 e. The van der Waals surface area contributed by atoms with E-state index in [1.165, 1.54) is 68.1 Å². The summed E-state index contributed by atoms with van der Waals surface area (Å²) in [6, 6.07) is 11.1. The van der Waals surface area contributed by atoms with Crippen LogP contribution in [0.25, 0.3) is 10.9 Å². The summed E-state index contributed by atoms with van der Waals surface area (Å²) in [7, 11) is -2.76. The molecule has 2 aromatic heterocycles. The lowest BCUT2D eigenvalue weighted by molar-refractivity contribution is -0.385. The summed E-state index contributed by atoms with van der Waals surface area (Å²) in [4.78, 5) is 26.9. The van der Waals surface area contributed by atoms with E-state index in [0.29, 0.717) is 10.9 Å². The van der Waals surface area contributed by atoms with Gasteiger partial charge in [0.2, 0.25) is 5.75 Å². The van der Waals surface area contributed by atoms with E-state index in [1.54, 1.807) is 6.07 Å². The van der Waals surface area contributed by atoms with Crippen LogP contribution in [0.1, 0.15) is 5.56 Å². The van der Waals surface area contributed by atoms with Gasteiger partial charge in [-0.05, 0) is 35.9 Å². The molecule has 0 aliphatic rings. The number of nitro benzene ring substituents is 1. The standard InChI is InChI=1S/C22H17ClN4O7S/c1-25(22(28)29)12-14-13-26(35(32,33)17-3-2-8-24-11-17)20-10-16(5-6-18(14)20)34-21-9-15(23)4-7-19(21)27(30)31/h2-11,13H,12H2,1H3,(H,28,29). The van der Waals surface area contributed by atoms with E-state index in [4.69, 9.17) is 16.3 Å². The molecule has 0 fully saturated rings. The van der Waals surface area contributed by atoms with Crippen molar-refractivity contribution in [1.29, 1.82) is 0 Å². The zero-order valence-corrected chi connectivity index (χ0v) is 19.6. The molecule has 13 heteroatoms. The molecule has 2 aromatic carbocycles. The van der Waals surface area contributed by atoms with Crippen molar-refractivity contribution in [2.45, 2.75) is 11.4 Å². The molecule has 180 valence electrons. The van der Waals surface area contributed by atoms with E-state index in [2.05, 4.69) is 4.98 Å². The van der Waals surface area contributed by atoms with Gasteiger partial charge in [0.15, 0.2) is 0 Å². The predicted molar refractivity (Wildman–Crippen MR) is 126 cm³/mol. The number of nitro groups is 1. The first-order valence-corrected chi connectivity index (χ1v) is 11.7. The number of nitrogens with zero attached hydrogens (tertiary/aromatic N) is 4. The highest BCUT2D eigenvalue weighted by Gasteiger charge is 2.24. The molecule has 0 saturated carbocycles. The van der Waals surface area contributed by atoms with E-state index < -0.39 is 21.0 Å². The van der Waals surface area contributed by atoms with Crippen LogP contribution in [0, 0.1) is 10.1 Å². The van der Waals surface area contributed by atoms with E-state index in [0.717, 1.165) is 8.87 Å². The number of ether oxygens (including phenoxy) is 1. The van der Waals surface area contributed by atoms with Gasteiger partial charge < -0.3 is 14.7 Å². The Kier molecular flexibility index (Phi) is 6.33. The Bertz CT molecular complexity index is 1560. The monoisotopic (exact) mass is 516 g/mol. The third-order valence-electron chi connectivity index (χ3n) is 5.10. The van der Waals surface area contributed by atoms with E-state index in [-0.39, 0.29) is 39.2 Å². The molecule has 0 aliphatic carbocycles. The van der Waals surface area contributed by atoms with Gasteiger partial charge in [-0.3, -0.25) is 15.1 Å². The minimum absolute atomic E-state index is 0.0770. The van der Waals surface area contributed by atoms with Crippen LogP contribution in [-0.2, 0) is 16.6 Å². The van der Waals surface area contributed by atoms with Gasteiger partial charge in [0, 0.05) is 54.2 Å². The van der Waals surface area contributed by atoms with Crippen molar-refractivity contribution in [1.82, 2.24) is 13.9 Å². The Hall–Kier alpha value is -4.16. The lowest BCUT2D eigenvalue weighted by Crippen LogP contribution is -2.23. The number of pyridine rings is 1. The highest BCUT2D eigenvalue weighted by molar-refractivity contribution is 7.90. The van der Waals surface area contributed by atoms with Gasteiger partial charge in [-0.1, -0.05) is 11.6 Å². The molecular weight excluding hydrogens is 500 g/mol. The average molecular weight is 517 g/mol. The number of carboxylic acid groups (broad SMARTS) is 1. The van der Waals surface area contributed by atoms with Crippen molar-refractivity contribution in [2.24, 2.45) is 0 Å². The summed E-state index contributed by atoms with van der Waals surface area (Å²) in [6.07, 6.45) is 2.77. The number of amides is 1. The van der Waals surface area contributed by atoms with Crippen molar-refractivity contribution >= 4 is 44.3 Å². The van der Waals surface area contributed by atoms with Crippen LogP contribution in [0.3, 0.4) is 0 Å². The number of hydrogen-bond acceptors (Lipinski definition) is 7. The lowest BCUT2D eigenvalue weighted by atomic mass is 10.1. The van der Waals surface area contributed by atoms with Crippen LogP contribution in [0.2, 0.25) is 5.02 Å². The Morgan fingerprint density at radius 3 is 2.69 bits per heavy atom. The van der Waals surface area contributed by atoms with Crippen LogP contribution < -0.4 is 4.74 Å². The number of hydrogen-bond donors (Lipinski definition) is 1. The number of benzene rings is 2. The Balaban J connectivity index is 1.88. The van der Waals surface area contributed by atoms with Crippen LogP contribution in [0.4, 0.5) is 10.5 Å². The first-order valence-electron chi connectivity index (χ1n) is 9.93. The first kappa shape index (κ1) is 24.0. The highest BCUT2D eigenvalue weighted by Crippen LogP contribution is 2.36. The van der Waals surface area contributed by atoms with Crippen LogP contribution in [0.15, 0.2) is 72.0 Å². The third kappa shape index (κ3) is 4.74. The third-order valence-corrected chi connectivity index (χ3v) is 6.99. The summed E-state index contributed by atoms with van der Waals surface area (Å²) < 4.78 is 33.5. The van der Waals surface area contributed by atoms with E-state index in [1.807, 2.05) is 0 Å². The quantitative estimate of drug-likeness (QED) is 0.274. The van der Waals surface area contributed by atoms with Gasteiger partial charge in [0.1, 0.15) is 10.6 Å². The summed E-state index contributed by atoms with van der Waals surface area (Å²) in [5.74, 6) is -0.0114. The summed E-state index contributed by atoms with van der Waals surface area (Å²) in [6.45, 7) is -0.0820. The van der Waals surface area contributed by atoms with Gasteiger partial charge in [0.25, 0.3) is 10.0 Å². The average Bonchev–Trinajstić information content (AvgIpc) is 3.17. The molecule has 0 radical (unpaired) electrons. The molecule has 1 N–H and O–H groups in total. The summed E-state index contributed by atoms with van der Waals surface area (Å²) in [5.41, 5.74) is 0.291. The zero-order chi connectivity index (χ0) is 25.3. The van der Waals surface area contributed by atoms with Crippen LogP contribution in [0.5, 0.6) is 11.5 Å². The number of fused-ring (bicyclic) bond motifs is 1. The van der Waals surface area contributed by atoms with E-state index >= 15 is 0 Å². The minimum Gasteiger partial charge on any atom is -0.465 e. The lowest BCUT2D eigenvalue weighted by Gasteiger charge is -2.11. The molecule has 0 unspecified atom stereocenters. The largest absolute Gasteiger partial charge is 0.465 e. The molecule has 0 aliphatic heterocycles. The molecule has 2 heterocycles. The number of halogens is 1. The Labute approximate surface area is 204 Å². The second kappa shape index (κ2) is 9.24. The summed E-state index contributed by atoms with van der Waals surface area (Å²) in [5, 5.41) is 21.3. The maximum absolute atomic E-state index is 13.4. The van der Waals surface area contributed by atoms with Gasteiger partial charge in [-0.25, -0.2) is 17.2 Å². The van der Waals surface area contributed by atoms with Crippen molar-refractivity contribution in [3.05, 3.63) is 87.8 Å². The summed E-state index contributed by atoms with van der Waals surface area (Å²) >= 11 is 5.97. The molecule has 35 heavy (non-hydrogen) atoms. The fourth-order valence-corrected chi connectivity index (χ4v) is 4.93. The number of carbonyl (C=O) groups is 1. The maximum atomic E-state index is 13.4. The SMILES string of the molecule is CN(Cc1cn(S(=O)(=O)c2cccnc2)c2cc(Oc3cc(Cl)ccc3[N+](=O)[O-])ccc12)C(=O)O. The van der Waals surface area contributed by atoms with Gasteiger partial charge in [-0.2, -0.15) is 0 Å². The molecule has 0 bridgehead atoms. The normalized spacial score (nSPS) is 11.4. The minimum atomic E-state index is -4.12. The Morgan fingerprint density at radius 2 is 2.03 bits per heavy atom. The second-order valence-electron chi connectivity index (χ2n) is 7.43. The molecule has 0 spiro atoms. The predicted octanol–water partition coefficient (Wildman–Crippen LogP) is 4.74. The van der Waals surface area contributed by atoms with E-state index in [9.17, 15) is 28.4 Å². The van der Waals surface area contributed by atoms with Gasteiger partial charge >= 0.3 is 11.8 Å². The van der Waals surface area contributed by atoms with Gasteiger partial charge in [-0.15, -0.1) is 0 Å². The number of rotatable bonds is 7. The highest BCUT2D eigenvalue weighted by atomic mass is 35.5. The van der Waals surface area contributed by atoms with Crippen molar-refractivity contribution < 1.29 is 28.0 Å². The van der Waals surface area contributed by atoms with Crippen molar-refractivity contribution in [3.63, 3.8) is 0 Å². The first-order chi connectivity index (χ1) is 16.6. The van der Waals surface area contributed by atoms with Gasteiger partial charge in [0.05, 0.1) is 17.0 Å². The molecule has 0 saturated heterocycles. The molecular formula is C22H17ClN4O7S. The molecule has 11 nitrogen and oxygen atoms in total. The number of aromatic nitrogens is 2. The topological polar surface area (TPSA) is 145 Å². The molecule has 4 aromatic rings. The molecule has 1 amide bonds. The Morgan fingerprint density at radius 1 is 1.26 bits per heavy atom. The second-order valence-corrected chi connectivity index (χ2v) is 9.68. The van der Waals surface area contributed by atoms with Crippen molar-refractivity contribution in [3.8, 4) is 11.5 Å². The van der Waals surface area contributed by atoms with Crippen LogP contribution in [-0.4, -0.2) is 45.4 Å². The molecule has 4 rings (SSSR count). The fourth-order valence-electron chi connectivity index (χ4n) is 3.42. The molecule has 0 atom stereocenters. The zero-order valence-electron chi connectivity index (χ0n) is 18.0. The fraction of sp³-hybridized carbons (Fsp3) is 0.0909. The van der Waals surface area contributed by atoms with Crippen molar-refractivity contribution in [2.75, 3.05) is 7.05 Å². The maximum Gasteiger partial charge on any atom is 0.407 e.